The van der Waals surface area contributed by atoms with Gasteiger partial charge in [-0.3, -0.25) is 9.69 Å². The zero-order valence-electron chi connectivity index (χ0n) is 16.3. The van der Waals surface area contributed by atoms with Crippen LogP contribution in [0.2, 0.25) is 0 Å². The maximum Gasteiger partial charge on any atom is 0.335 e. The van der Waals surface area contributed by atoms with Gasteiger partial charge in [-0.15, -0.1) is 0 Å². The maximum absolute atomic E-state index is 12.9. The summed E-state index contributed by atoms with van der Waals surface area (Å²) in [6.45, 7) is 3.75. The third-order valence-electron chi connectivity index (χ3n) is 6.99. The van der Waals surface area contributed by atoms with Crippen LogP contribution >= 0.6 is 0 Å². The molecule has 2 N–H and O–H groups in total. The van der Waals surface area contributed by atoms with E-state index in [0.717, 1.165) is 50.9 Å². The highest BCUT2D eigenvalue weighted by Gasteiger charge is 2.53. The second-order valence-corrected chi connectivity index (χ2v) is 8.95. The first kappa shape index (κ1) is 19.4. The molecule has 0 bridgehead atoms. The molecule has 1 aromatic rings. The summed E-state index contributed by atoms with van der Waals surface area (Å²) in [5.74, 6) is -0.155. The lowest BCUT2D eigenvalue weighted by atomic mass is 9.82. The normalized spacial score (nSPS) is 28.5. The van der Waals surface area contributed by atoms with Gasteiger partial charge in [0.05, 0.1) is 12.2 Å². The zero-order chi connectivity index (χ0) is 19.7. The molecule has 1 saturated carbocycles. The van der Waals surface area contributed by atoms with Gasteiger partial charge < -0.3 is 15.1 Å². The van der Waals surface area contributed by atoms with E-state index in [-0.39, 0.29) is 23.9 Å². The van der Waals surface area contributed by atoms with E-state index in [1.807, 2.05) is 11.0 Å². The predicted octanol–water partition coefficient (Wildman–Crippen LogP) is 2.22. The van der Waals surface area contributed by atoms with E-state index in [1.54, 1.807) is 18.2 Å². The largest absolute Gasteiger partial charge is 0.478 e. The van der Waals surface area contributed by atoms with Crippen LogP contribution in [-0.2, 0) is 11.3 Å². The van der Waals surface area contributed by atoms with Gasteiger partial charge in [0, 0.05) is 44.1 Å². The van der Waals surface area contributed by atoms with Gasteiger partial charge in [-0.1, -0.05) is 31.4 Å². The van der Waals surface area contributed by atoms with E-state index in [2.05, 4.69) is 4.90 Å². The number of aliphatic hydroxyl groups is 1. The van der Waals surface area contributed by atoms with Crippen LogP contribution in [0.25, 0.3) is 0 Å². The van der Waals surface area contributed by atoms with Gasteiger partial charge in [-0.2, -0.15) is 0 Å². The summed E-state index contributed by atoms with van der Waals surface area (Å²) in [5, 5.41) is 19.4. The number of likely N-dealkylation sites (tertiary alicyclic amines) is 2. The molecule has 2 aliphatic heterocycles. The van der Waals surface area contributed by atoms with Crippen molar-refractivity contribution in [1.82, 2.24) is 9.80 Å². The smallest absolute Gasteiger partial charge is 0.335 e. The second kappa shape index (κ2) is 7.84. The lowest BCUT2D eigenvalue weighted by molar-refractivity contribution is -0.136. The van der Waals surface area contributed by atoms with E-state index < -0.39 is 5.97 Å². The van der Waals surface area contributed by atoms with Crippen LogP contribution in [0.15, 0.2) is 24.3 Å². The average Bonchev–Trinajstić information content (AvgIpc) is 3.22. The molecular weight excluding hydrogens is 356 g/mol. The number of amides is 1. The van der Waals surface area contributed by atoms with Crippen LogP contribution < -0.4 is 0 Å². The fraction of sp³-hybridized carbons (Fsp3) is 0.636. The van der Waals surface area contributed by atoms with E-state index in [4.69, 9.17) is 0 Å². The zero-order valence-corrected chi connectivity index (χ0v) is 16.3. The Morgan fingerprint density at radius 2 is 1.89 bits per heavy atom. The SMILES string of the molecule is O=C(O)c1cccc(CN2CC3CN(C(=O)C4CCCCC4)CC3(CO)C2)c1. The minimum atomic E-state index is -0.913. The lowest BCUT2D eigenvalue weighted by Crippen LogP contribution is -2.41. The van der Waals surface area contributed by atoms with E-state index in [9.17, 15) is 19.8 Å². The molecule has 3 fully saturated rings. The first-order valence-corrected chi connectivity index (χ1v) is 10.4. The Kier molecular flexibility index (Phi) is 5.43. The van der Waals surface area contributed by atoms with Crippen molar-refractivity contribution in [3.05, 3.63) is 35.4 Å². The topological polar surface area (TPSA) is 81.1 Å². The lowest BCUT2D eigenvalue weighted by Gasteiger charge is -2.30. The van der Waals surface area contributed by atoms with Crippen LogP contribution in [0.3, 0.4) is 0 Å². The van der Waals surface area contributed by atoms with Crippen LogP contribution in [0, 0.1) is 17.3 Å². The van der Waals surface area contributed by atoms with Crippen molar-refractivity contribution in [3.8, 4) is 0 Å². The molecule has 1 aromatic carbocycles. The molecule has 28 heavy (non-hydrogen) atoms. The Hall–Kier alpha value is -1.92. The van der Waals surface area contributed by atoms with Crippen molar-refractivity contribution in [2.24, 2.45) is 17.3 Å². The molecule has 2 atom stereocenters. The van der Waals surface area contributed by atoms with Crippen LogP contribution in [-0.4, -0.2) is 64.7 Å². The molecule has 3 aliphatic rings. The molecule has 0 radical (unpaired) electrons. The number of carboxylic acids is 1. The number of aliphatic hydroxyl groups excluding tert-OH is 1. The summed E-state index contributed by atoms with van der Waals surface area (Å²) in [6.07, 6.45) is 5.57. The van der Waals surface area contributed by atoms with Gasteiger partial charge in [0.1, 0.15) is 0 Å². The molecule has 2 heterocycles. The van der Waals surface area contributed by atoms with E-state index in [1.165, 1.54) is 6.42 Å². The highest BCUT2D eigenvalue weighted by molar-refractivity contribution is 5.87. The molecular formula is C22H30N2O4. The van der Waals surface area contributed by atoms with Crippen molar-refractivity contribution in [2.45, 2.75) is 38.6 Å². The number of carbonyl (C=O) groups is 2. The monoisotopic (exact) mass is 386 g/mol. The Balaban J connectivity index is 1.40. The highest BCUT2D eigenvalue weighted by Crippen LogP contribution is 2.43. The fourth-order valence-electron chi connectivity index (χ4n) is 5.47. The summed E-state index contributed by atoms with van der Waals surface area (Å²) in [7, 11) is 0. The Morgan fingerprint density at radius 3 is 2.57 bits per heavy atom. The predicted molar refractivity (Wildman–Crippen MR) is 105 cm³/mol. The van der Waals surface area contributed by atoms with Crippen molar-refractivity contribution in [2.75, 3.05) is 32.8 Å². The molecule has 1 aliphatic carbocycles. The van der Waals surface area contributed by atoms with Gasteiger partial charge in [0.2, 0.25) is 5.91 Å². The Morgan fingerprint density at radius 1 is 1.11 bits per heavy atom. The number of carbonyl (C=O) groups excluding carboxylic acids is 1. The number of fused-ring (bicyclic) bond motifs is 1. The van der Waals surface area contributed by atoms with Gasteiger partial charge in [0.15, 0.2) is 0 Å². The molecule has 1 amide bonds. The number of carboxylic acid groups (broad SMARTS) is 1. The Labute approximate surface area is 166 Å². The van der Waals surface area contributed by atoms with Crippen molar-refractivity contribution >= 4 is 11.9 Å². The summed E-state index contributed by atoms with van der Waals surface area (Å²) in [4.78, 5) is 28.4. The first-order valence-electron chi connectivity index (χ1n) is 10.4. The van der Waals surface area contributed by atoms with Crippen LogP contribution in [0.5, 0.6) is 0 Å². The number of hydrogen-bond acceptors (Lipinski definition) is 4. The molecule has 6 heteroatoms. The molecule has 0 aromatic heterocycles. The van der Waals surface area contributed by atoms with Crippen molar-refractivity contribution < 1.29 is 19.8 Å². The average molecular weight is 386 g/mol. The molecule has 6 nitrogen and oxygen atoms in total. The van der Waals surface area contributed by atoms with Gasteiger partial charge in [-0.05, 0) is 36.5 Å². The summed E-state index contributed by atoms with van der Waals surface area (Å²) in [5.41, 5.74) is 1.04. The minimum absolute atomic E-state index is 0.0950. The number of rotatable bonds is 5. The Bertz CT molecular complexity index is 746. The molecule has 152 valence electrons. The van der Waals surface area contributed by atoms with Crippen molar-refractivity contribution in [3.63, 3.8) is 0 Å². The molecule has 0 spiro atoms. The number of hydrogen-bond donors (Lipinski definition) is 2. The highest BCUT2D eigenvalue weighted by atomic mass is 16.4. The van der Waals surface area contributed by atoms with Gasteiger partial charge in [0.25, 0.3) is 0 Å². The summed E-state index contributed by atoms with van der Waals surface area (Å²) < 4.78 is 0. The first-order chi connectivity index (χ1) is 13.5. The van der Waals surface area contributed by atoms with Crippen molar-refractivity contribution in [1.29, 1.82) is 0 Å². The van der Waals surface area contributed by atoms with Crippen LogP contribution in [0.4, 0.5) is 0 Å². The molecule has 2 saturated heterocycles. The van der Waals surface area contributed by atoms with Crippen LogP contribution in [0.1, 0.15) is 48.0 Å². The molecule has 4 rings (SSSR count). The fourth-order valence-corrected chi connectivity index (χ4v) is 5.47. The third-order valence-corrected chi connectivity index (χ3v) is 6.99. The van der Waals surface area contributed by atoms with E-state index >= 15 is 0 Å². The number of nitrogens with zero attached hydrogens (tertiary/aromatic N) is 2. The van der Waals surface area contributed by atoms with Gasteiger partial charge in [-0.25, -0.2) is 4.79 Å². The maximum atomic E-state index is 12.9. The third kappa shape index (κ3) is 3.67. The standard InChI is InChI=1S/C22H30N2O4/c25-15-22-13-23(10-16-5-4-8-18(9-16)21(27)28)11-19(22)12-24(14-22)20(26)17-6-2-1-3-7-17/h4-5,8-9,17,19,25H,1-3,6-7,10-15H2,(H,27,28). The quantitative estimate of drug-likeness (QED) is 0.811. The van der Waals surface area contributed by atoms with E-state index in [0.29, 0.717) is 24.6 Å². The number of aromatic carboxylic acids is 1. The summed E-state index contributed by atoms with van der Waals surface area (Å²) >= 11 is 0. The molecule has 2 unspecified atom stereocenters. The second-order valence-electron chi connectivity index (χ2n) is 8.95. The number of benzene rings is 1. The minimum Gasteiger partial charge on any atom is -0.478 e. The van der Waals surface area contributed by atoms with Gasteiger partial charge >= 0.3 is 5.97 Å². The summed E-state index contributed by atoms with van der Waals surface area (Å²) in [6, 6.07) is 7.06.